The fourth-order valence-electron chi connectivity index (χ4n) is 4.91. The molecule has 6 N–H and O–H groups in total. The molecule has 0 spiro atoms. The number of rotatable bonds is 4. The molecule has 6 rings (SSSR count). The number of urea groups is 1. The first-order chi connectivity index (χ1) is 24.8. The molecule has 1 unspecified atom stereocenters. The number of piperidine rings is 1. The zero-order chi connectivity index (χ0) is 35.6. The summed E-state index contributed by atoms with van der Waals surface area (Å²) in [7, 11) is 0. The van der Waals surface area contributed by atoms with Crippen LogP contribution in [0.15, 0.2) is 104 Å². The second-order valence-electron chi connectivity index (χ2n) is 11.0. The van der Waals surface area contributed by atoms with Gasteiger partial charge in [0.05, 0.1) is 22.5 Å². The van der Waals surface area contributed by atoms with Crippen LogP contribution in [0.5, 0.6) is 5.75 Å². The number of carbonyl (C=O) groups is 3. The van der Waals surface area contributed by atoms with E-state index in [2.05, 4.69) is 54.3 Å². The topological polar surface area (TPSA) is 195 Å². The van der Waals surface area contributed by atoms with Gasteiger partial charge in [-0.2, -0.15) is 10.0 Å². The Kier molecular flexibility index (Phi) is 10.3. The molecule has 252 valence electrons. The number of aromatic nitrogens is 4. The number of benzene rings is 3. The van der Waals surface area contributed by atoms with Gasteiger partial charge in [0, 0.05) is 42.5 Å². The van der Waals surface area contributed by atoms with Crippen LogP contribution in [0.2, 0.25) is 0 Å². The number of ether oxygens (including phenoxy) is 1. The van der Waals surface area contributed by atoms with E-state index in [1.807, 2.05) is 0 Å². The highest BCUT2D eigenvalue weighted by Gasteiger charge is 2.34. The molecule has 2 aromatic heterocycles. The molecular weight excluding hydrogens is 648 g/mol. The maximum Gasteiger partial charge on any atom is 0.439 e. The molecule has 4 amide bonds. The molecule has 1 aliphatic rings. The van der Waals surface area contributed by atoms with E-state index < -0.39 is 18.2 Å². The van der Waals surface area contributed by atoms with Gasteiger partial charge in [-0.3, -0.25) is 4.79 Å². The van der Waals surface area contributed by atoms with E-state index in [0.717, 1.165) is 10.0 Å². The number of para-hydroxylation sites is 1. The molecule has 14 nitrogen and oxygen atoms in total. The predicted octanol–water partition coefficient (Wildman–Crippen LogP) is 3.65. The van der Waals surface area contributed by atoms with Crippen LogP contribution in [0.25, 0.3) is 0 Å². The van der Waals surface area contributed by atoms with E-state index >= 15 is 0 Å². The maximum absolute atomic E-state index is 14.2. The second-order valence-corrected chi connectivity index (χ2v) is 11.0. The van der Waals surface area contributed by atoms with Crippen LogP contribution in [0.3, 0.4) is 0 Å². The van der Waals surface area contributed by atoms with Gasteiger partial charge in [-0.15, -0.1) is 0 Å². The van der Waals surface area contributed by atoms with Crippen LogP contribution in [-0.2, 0) is 4.79 Å². The normalized spacial score (nSPS) is 13.3. The summed E-state index contributed by atoms with van der Waals surface area (Å²) in [5.41, 5.74) is 13.8. The fraction of sp³-hybridized carbons (Fsp3) is 0.108. The number of hydrogen-bond donors (Lipinski definition) is 4. The minimum Gasteiger partial charge on any atom is -0.409 e. The standard InChI is InChI=1S/C37H30N10O4/c38-34-41-21-27(22-42-34)16-14-25-7-4-11-30(19-25)46(36(49)45-32-13-6-18-40-33(32)48)47(29-9-2-1-3-10-29)37(50)51-31-12-5-8-26(20-31)15-17-28-23-43-35(39)44-24-28/h1-5,7-12,19-24,32H,6,13,18H2,(H,40,48)(H,45,49)(H2,38,41,42)(H2,39,43,44). The Morgan fingerprint density at radius 2 is 1.29 bits per heavy atom. The highest BCUT2D eigenvalue weighted by Crippen LogP contribution is 2.26. The minimum absolute atomic E-state index is 0.122. The van der Waals surface area contributed by atoms with E-state index in [4.69, 9.17) is 16.2 Å². The Morgan fingerprint density at radius 3 is 1.92 bits per heavy atom. The van der Waals surface area contributed by atoms with Crippen molar-refractivity contribution in [3.63, 3.8) is 0 Å². The lowest BCUT2D eigenvalue weighted by Crippen LogP contribution is -2.59. The van der Waals surface area contributed by atoms with Crippen LogP contribution >= 0.6 is 0 Å². The largest absolute Gasteiger partial charge is 0.439 e. The second kappa shape index (κ2) is 15.6. The van der Waals surface area contributed by atoms with Gasteiger partial charge >= 0.3 is 12.1 Å². The number of amides is 4. The molecule has 0 aliphatic carbocycles. The minimum atomic E-state index is -0.919. The van der Waals surface area contributed by atoms with Crippen molar-refractivity contribution >= 4 is 41.3 Å². The number of nitrogens with zero attached hydrogens (tertiary/aromatic N) is 6. The predicted molar refractivity (Wildman–Crippen MR) is 190 cm³/mol. The Labute approximate surface area is 292 Å². The summed E-state index contributed by atoms with van der Waals surface area (Å²) >= 11 is 0. The third-order valence-corrected chi connectivity index (χ3v) is 7.32. The van der Waals surface area contributed by atoms with Gasteiger partial charge in [0.1, 0.15) is 11.8 Å². The van der Waals surface area contributed by atoms with Crippen molar-refractivity contribution in [1.29, 1.82) is 0 Å². The fourth-order valence-corrected chi connectivity index (χ4v) is 4.91. The zero-order valence-electron chi connectivity index (χ0n) is 27.0. The molecule has 14 heteroatoms. The lowest BCUT2D eigenvalue weighted by Gasteiger charge is -2.35. The van der Waals surface area contributed by atoms with Crippen molar-refractivity contribution in [1.82, 2.24) is 30.6 Å². The molecule has 51 heavy (non-hydrogen) atoms. The van der Waals surface area contributed by atoms with E-state index in [-0.39, 0.29) is 29.2 Å². The quantitative estimate of drug-likeness (QED) is 0.161. The van der Waals surface area contributed by atoms with Crippen LogP contribution in [0.4, 0.5) is 32.9 Å². The molecule has 0 radical (unpaired) electrons. The number of carbonyl (C=O) groups excluding carboxylic acids is 3. The molecule has 1 saturated heterocycles. The number of nitrogen functional groups attached to an aromatic ring is 2. The van der Waals surface area contributed by atoms with Crippen molar-refractivity contribution < 1.29 is 19.1 Å². The van der Waals surface area contributed by atoms with E-state index in [1.165, 1.54) is 24.8 Å². The lowest BCUT2D eigenvalue weighted by atomic mass is 10.1. The van der Waals surface area contributed by atoms with Crippen LogP contribution < -0.4 is 36.9 Å². The molecule has 1 atom stereocenters. The molecule has 3 heterocycles. The Bertz CT molecular complexity index is 2170. The molecule has 1 fully saturated rings. The van der Waals surface area contributed by atoms with E-state index in [9.17, 15) is 14.4 Å². The summed E-state index contributed by atoms with van der Waals surface area (Å²) in [6, 6.07) is 20.2. The number of anilines is 4. The van der Waals surface area contributed by atoms with Crippen LogP contribution in [0, 0.1) is 23.7 Å². The molecular formula is C37H30N10O4. The van der Waals surface area contributed by atoms with Crippen molar-refractivity contribution in [2.24, 2.45) is 0 Å². The summed E-state index contributed by atoms with van der Waals surface area (Å²) in [6.07, 6.45) is 6.17. The van der Waals surface area contributed by atoms with Crippen LogP contribution in [0.1, 0.15) is 35.1 Å². The summed E-state index contributed by atoms with van der Waals surface area (Å²) in [5.74, 6) is 12.0. The van der Waals surface area contributed by atoms with Crippen molar-refractivity contribution in [3.05, 3.63) is 126 Å². The monoisotopic (exact) mass is 678 g/mol. The third-order valence-electron chi connectivity index (χ3n) is 7.32. The number of nitrogens with one attached hydrogen (secondary N) is 2. The van der Waals surface area contributed by atoms with Crippen molar-refractivity contribution in [3.8, 4) is 29.4 Å². The lowest BCUT2D eigenvalue weighted by molar-refractivity contribution is -0.124. The molecule has 1 aliphatic heterocycles. The number of nitrogens with two attached hydrogens (primary N) is 2. The summed E-state index contributed by atoms with van der Waals surface area (Å²) in [5, 5.41) is 7.75. The first kappa shape index (κ1) is 33.5. The first-order valence-electron chi connectivity index (χ1n) is 15.7. The number of hydrogen-bond acceptors (Lipinski definition) is 10. The Morgan fingerprint density at radius 1 is 0.725 bits per heavy atom. The average Bonchev–Trinajstić information content (AvgIpc) is 3.15. The highest BCUT2D eigenvalue weighted by atomic mass is 16.6. The maximum atomic E-state index is 14.2. The highest BCUT2D eigenvalue weighted by molar-refractivity contribution is 6.05. The Balaban J connectivity index is 1.36. The van der Waals surface area contributed by atoms with Gasteiger partial charge < -0.3 is 26.8 Å². The first-order valence-corrected chi connectivity index (χ1v) is 15.7. The van der Waals surface area contributed by atoms with E-state index in [1.54, 1.807) is 78.9 Å². The van der Waals surface area contributed by atoms with Gasteiger partial charge in [-0.05, 0) is 61.4 Å². The van der Waals surface area contributed by atoms with Gasteiger partial charge in [0.2, 0.25) is 17.8 Å². The van der Waals surface area contributed by atoms with Crippen molar-refractivity contribution in [2.75, 3.05) is 28.0 Å². The van der Waals surface area contributed by atoms with Gasteiger partial charge in [-0.1, -0.05) is 54.0 Å². The van der Waals surface area contributed by atoms with Gasteiger partial charge in [0.15, 0.2) is 0 Å². The van der Waals surface area contributed by atoms with E-state index in [0.29, 0.717) is 47.3 Å². The van der Waals surface area contributed by atoms with Crippen molar-refractivity contribution in [2.45, 2.75) is 18.9 Å². The van der Waals surface area contributed by atoms with Gasteiger partial charge in [-0.25, -0.2) is 29.5 Å². The summed E-state index contributed by atoms with van der Waals surface area (Å²) < 4.78 is 5.87. The Hall–Kier alpha value is -7.45. The van der Waals surface area contributed by atoms with Gasteiger partial charge in [0.25, 0.3) is 0 Å². The molecule has 0 saturated carbocycles. The van der Waals surface area contributed by atoms with Crippen LogP contribution in [-0.4, -0.2) is 50.6 Å². The SMILES string of the molecule is Nc1ncc(C#Cc2cccc(OC(=O)N(c3ccccc3)N(C(=O)NC3CCCNC3=O)c3cccc(C#Cc4cnc(N)nc4)c3)c2)cn1. The molecule has 5 aromatic rings. The zero-order valence-corrected chi connectivity index (χ0v) is 27.0. The average molecular weight is 679 g/mol. The smallest absolute Gasteiger partial charge is 0.409 e. The number of hydrazine groups is 1. The molecule has 0 bridgehead atoms. The summed E-state index contributed by atoms with van der Waals surface area (Å²) in [4.78, 5) is 56.9. The molecule has 3 aromatic carbocycles. The summed E-state index contributed by atoms with van der Waals surface area (Å²) in [6.45, 7) is 0.508. The third kappa shape index (κ3) is 8.72.